The van der Waals surface area contributed by atoms with Gasteiger partial charge in [-0.05, 0) is 37.2 Å². The molecule has 0 saturated carbocycles. The van der Waals surface area contributed by atoms with Gasteiger partial charge in [0.25, 0.3) is 0 Å². The first-order valence-electron chi connectivity index (χ1n) is 8.30. The van der Waals surface area contributed by atoms with Crippen molar-refractivity contribution in [3.8, 4) is 0 Å². The van der Waals surface area contributed by atoms with E-state index in [0.717, 1.165) is 24.8 Å². The molecule has 1 aliphatic carbocycles. The molecular formula is C19H24N2O2. The zero-order valence-electron chi connectivity index (χ0n) is 14.1. The molecule has 0 atom stereocenters. The van der Waals surface area contributed by atoms with E-state index in [0.29, 0.717) is 18.8 Å². The SMILES string of the molecule is CCOC(=O)c1nn(Cc2ccccc2)c2c1CCC(C)(C)C2. The molecule has 1 aromatic carbocycles. The van der Waals surface area contributed by atoms with E-state index in [4.69, 9.17) is 4.74 Å². The molecule has 0 N–H and O–H groups in total. The molecule has 0 saturated heterocycles. The average molecular weight is 312 g/mol. The zero-order chi connectivity index (χ0) is 16.4. The molecular weight excluding hydrogens is 288 g/mol. The van der Waals surface area contributed by atoms with Gasteiger partial charge in [0.2, 0.25) is 0 Å². The molecule has 0 fully saturated rings. The van der Waals surface area contributed by atoms with Crippen molar-refractivity contribution in [1.82, 2.24) is 9.78 Å². The third kappa shape index (κ3) is 3.31. The lowest BCUT2D eigenvalue weighted by Gasteiger charge is -2.30. The van der Waals surface area contributed by atoms with Gasteiger partial charge in [-0.1, -0.05) is 44.2 Å². The van der Waals surface area contributed by atoms with Crippen molar-refractivity contribution in [2.45, 2.75) is 46.6 Å². The van der Waals surface area contributed by atoms with Crippen LogP contribution in [0.4, 0.5) is 0 Å². The summed E-state index contributed by atoms with van der Waals surface area (Å²) in [5.74, 6) is -0.296. The molecule has 1 aliphatic rings. The minimum Gasteiger partial charge on any atom is -0.461 e. The summed E-state index contributed by atoms with van der Waals surface area (Å²) in [6, 6.07) is 10.2. The van der Waals surface area contributed by atoms with Crippen LogP contribution in [0, 0.1) is 5.41 Å². The van der Waals surface area contributed by atoms with Gasteiger partial charge in [-0.15, -0.1) is 0 Å². The maximum absolute atomic E-state index is 12.2. The second-order valence-electron chi connectivity index (χ2n) is 6.98. The first kappa shape index (κ1) is 15.8. The van der Waals surface area contributed by atoms with Crippen molar-refractivity contribution in [2.24, 2.45) is 5.41 Å². The molecule has 3 rings (SSSR count). The Morgan fingerprint density at radius 1 is 1.30 bits per heavy atom. The second kappa shape index (κ2) is 6.19. The molecule has 0 aliphatic heterocycles. The Labute approximate surface area is 137 Å². The van der Waals surface area contributed by atoms with Gasteiger partial charge < -0.3 is 4.74 Å². The van der Waals surface area contributed by atoms with E-state index in [1.54, 1.807) is 0 Å². The summed E-state index contributed by atoms with van der Waals surface area (Å²) in [7, 11) is 0. The molecule has 122 valence electrons. The summed E-state index contributed by atoms with van der Waals surface area (Å²) in [6.45, 7) is 7.46. The highest BCUT2D eigenvalue weighted by Crippen LogP contribution is 2.36. The van der Waals surface area contributed by atoms with Gasteiger partial charge in [-0.2, -0.15) is 5.10 Å². The summed E-state index contributed by atoms with van der Waals surface area (Å²) in [4.78, 5) is 12.2. The van der Waals surface area contributed by atoms with Crippen LogP contribution in [0.5, 0.6) is 0 Å². The molecule has 0 unspecified atom stereocenters. The Balaban J connectivity index is 2.00. The molecule has 2 aromatic rings. The van der Waals surface area contributed by atoms with Crippen LogP contribution in [0.2, 0.25) is 0 Å². The molecule has 4 nitrogen and oxygen atoms in total. The minimum absolute atomic E-state index is 0.243. The number of benzene rings is 1. The fraction of sp³-hybridized carbons (Fsp3) is 0.474. The number of carbonyl (C=O) groups is 1. The van der Waals surface area contributed by atoms with E-state index < -0.39 is 0 Å². The van der Waals surface area contributed by atoms with E-state index in [2.05, 4.69) is 31.1 Å². The fourth-order valence-corrected chi connectivity index (χ4v) is 3.25. The molecule has 1 aromatic heterocycles. The zero-order valence-corrected chi connectivity index (χ0v) is 14.1. The van der Waals surface area contributed by atoms with Gasteiger partial charge in [-0.3, -0.25) is 4.68 Å². The molecule has 1 heterocycles. The second-order valence-corrected chi connectivity index (χ2v) is 6.98. The Morgan fingerprint density at radius 2 is 2.04 bits per heavy atom. The Morgan fingerprint density at radius 3 is 2.74 bits per heavy atom. The summed E-state index contributed by atoms with van der Waals surface area (Å²) in [5.41, 5.74) is 4.21. The molecule has 4 heteroatoms. The van der Waals surface area contributed by atoms with Crippen LogP contribution in [-0.2, 0) is 24.1 Å². The number of ether oxygens (including phenoxy) is 1. The first-order chi connectivity index (χ1) is 11.0. The van der Waals surface area contributed by atoms with E-state index in [9.17, 15) is 4.79 Å². The third-order valence-electron chi connectivity index (χ3n) is 4.51. The van der Waals surface area contributed by atoms with Crippen LogP contribution >= 0.6 is 0 Å². The third-order valence-corrected chi connectivity index (χ3v) is 4.51. The number of hydrogen-bond acceptors (Lipinski definition) is 3. The number of rotatable bonds is 4. The molecule has 0 bridgehead atoms. The number of aromatic nitrogens is 2. The quantitative estimate of drug-likeness (QED) is 0.810. The predicted molar refractivity (Wildman–Crippen MR) is 89.5 cm³/mol. The maximum atomic E-state index is 12.2. The Kier molecular flexibility index (Phi) is 4.24. The summed E-state index contributed by atoms with van der Waals surface area (Å²) in [5, 5.41) is 4.61. The topological polar surface area (TPSA) is 44.1 Å². The van der Waals surface area contributed by atoms with Gasteiger partial charge >= 0.3 is 5.97 Å². The summed E-state index contributed by atoms with van der Waals surface area (Å²) >= 11 is 0. The summed E-state index contributed by atoms with van der Waals surface area (Å²) < 4.78 is 7.19. The standard InChI is InChI=1S/C19H24N2O2/c1-4-23-18(22)17-15-10-11-19(2,3)12-16(15)21(20-17)13-14-8-6-5-7-9-14/h5-9H,4,10-13H2,1-3H3. The molecule has 0 spiro atoms. The number of nitrogens with zero attached hydrogens (tertiary/aromatic N) is 2. The highest BCUT2D eigenvalue weighted by molar-refractivity contribution is 5.89. The van der Waals surface area contributed by atoms with Gasteiger partial charge in [0.05, 0.1) is 13.2 Å². The fourth-order valence-electron chi connectivity index (χ4n) is 3.25. The highest BCUT2D eigenvalue weighted by Gasteiger charge is 2.33. The number of fused-ring (bicyclic) bond motifs is 1. The number of hydrogen-bond donors (Lipinski definition) is 0. The van der Waals surface area contributed by atoms with Crippen LogP contribution in [0.15, 0.2) is 30.3 Å². The van der Waals surface area contributed by atoms with Crippen molar-refractivity contribution in [2.75, 3.05) is 6.61 Å². The van der Waals surface area contributed by atoms with Crippen molar-refractivity contribution < 1.29 is 9.53 Å². The molecule has 0 radical (unpaired) electrons. The normalized spacial score (nSPS) is 16.0. The molecule has 0 amide bonds. The van der Waals surface area contributed by atoms with E-state index in [-0.39, 0.29) is 11.4 Å². The minimum atomic E-state index is -0.296. The van der Waals surface area contributed by atoms with Crippen LogP contribution in [-0.4, -0.2) is 22.4 Å². The lowest BCUT2D eigenvalue weighted by Crippen LogP contribution is -2.24. The van der Waals surface area contributed by atoms with Crippen LogP contribution in [0.1, 0.15) is 54.5 Å². The van der Waals surface area contributed by atoms with Crippen LogP contribution in [0.25, 0.3) is 0 Å². The summed E-state index contributed by atoms with van der Waals surface area (Å²) in [6.07, 6.45) is 2.91. The van der Waals surface area contributed by atoms with Gasteiger partial charge in [0.1, 0.15) is 0 Å². The highest BCUT2D eigenvalue weighted by atomic mass is 16.5. The van der Waals surface area contributed by atoms with Crippen molar-refractivity contribution in [3.63, 3.8) is 0 Å². The monoisotopic (exact) mass is 312 g/mol. The van der Waals surface area contributed by atoms with Crippen molar-refractivity contribution in [3.05, 3.63) is 52.8 Å². The van der Waals surface area contributed by atoms with E-state index in [1.165, 1.54) is 11.3 Å². The Hall–Kier alpha value is -2.10. The van der Waals surface area contributed by atoms with Gasteiger partial charge in [-0.25, -0.2) is 4.79 Å². The Bertz CT molecular complexity index is 702. The van der Waals surface area contributed by atoms with E-state index in [1.807, 2.05) is 29.8 Å². The maximum Gasteiger partial charge on any atom is 0.359 e. The first-order valence-corrected chi connectivity index (χ1v) is 8.30. The van der Waals surface area contributed by atoms with Crippen molar-refractivity contribution >= 4 is 5.97 Å². The smallest absolute Gasteiger partial charge is 0.359 e. The van der Waals surface area contributed by atoms with Crippen molar-refractivity contribution in [1.29, 1.82) is 0 Å². The van der Waals surface area contributed by atoms with Gasteiger partial charge in [0, 0.05) is 11.3 Å². The number of carbonyl (C=O) groups excluding carboxylic acids is 1. The van der Waals surface area contributed by atoms with Crippen LogP contribution in [0.3, 0.4) is 0 Å². The van der Waals surface area contributed by atoms with Gasteiger partial charge in [0.15, 0.2) is 5.69 Å². The lowest BCUT2D eigenvalue weighted by atomic mass is 9.76. The largest absolute Gasteiger partial charge is 0.461 e. The van der Waals surface area contributed by atoms with Crippen LogP contribution < -0.4 is 0 Å². The van der Waals surface area contributed by atoms with E-state index >= 15 is 0 Å². The average Bonchev–Trinajstić information content (AvgIpc) is 2.85. The molecule has 23 heavy (non-hydrogen) atoms. The number of esters is 1. The lowest BCUT2D eigenvalue weighted by molar-refractivity contribution is 0.0517. The predicted octanol–water partition coefficient (Wildman–Crippen LogP) is 3.62.